The molecule has 2 aromatic carbocycles. The highest BCUT2D eigenvalue weighted by Crippen LogP contribution is 2.32. The van der Waals surface area contributed by atoms with Gasteiger partial charge >= 0.3 is 0 Å². The lowest BCUT2D eigenvalue weighted by Gasteiger charge is -2.05. The van der Waals surface area contributed by atoms with E-state index in [2.05, 4.69) is 10.1 Å². The minimum absolute atomic E-state index is 0.101. The van der Waals surface area contributed by atoms with Crippen LogP contribution in [0.1, 0.15) is 5.56 Å². The highest BCUT2D eigenvalue weighted by molar-refractivity contribution is 5.68. The Morgan fingerprint density at radius 1 is 1.10 bits per heavy atom. The first-order chi connectivity index (χ1) is 10.2. The zero-order chi connectivity index (χ0) is 14.8. The maximum atomic E-state index is 9.83. The van der Waals surface area contributed by atoms with Gasteiger partial charge in [-0.25, -0.2) is 0 Å². The van der Waals surface area contributed by atoms with Gasteiger partial charge in [-0.1, -0.05) is 23.4 Å². The Kier molecular flexibility index (Phi) is 3.31. The van der Waals surface area contributed by atoms with E-state index < -0.39 is 0 Å². The summed E-state index contributed by atoms with van der Waals surface area (Å²) in [7, 11) is 1.60. The minimum atomic E-state index is 0.101. The van der Waals surface area contributed by atoms with E-state index in [1.807, 2.05) is 25.1 Å². The van der Waals surface area contributed by atoms with Crippen molar-refractivity contribution < 1.29 is 14.4 Å². The monoisotopic (exact) mass is 282 g/mol. The number of aryl methyl sites for hydroxylation is 1. The molecule has 0 saturated heterocycles. The molecule has 0 spiro atoms. The van der Waals surface area contributed by atoms with Crippen LogP contribution in [0.4, 0.5) is 0 Å². The molecule has 0 aliphatic heterocycles. The van der Waals surface area contributed by atoms with Crippen molar-refractivity contribution in [2.24, 2.45) is 0 Å². The normalized spacial score (nSPS) is 10.6. The highest BCUT2D eigenvalue weighted by Gasteiger charge is 2.16. The van der Waals surface area contributed by atoms with Gasteiger partial charge in [0, 0.05) is 0 Å². The topological polar surface area (TPSA) is 68.4 Å². The summed E-state index contributed by atoms with van der Waals surface area (Å²) in [5.74, 6) is 1.47. The molecule has 1 heterocycles. The fourth-order valence-electron chi connectivity index (χ4n) is 2.08. The third-order valence-corrected chi connectivity index (χ3v) is 3.16. The van der Waals surface area contributed by atoms with Gasteiger partial charge < -0.3 is 14.4 Å². The van der Waals surface area contributed by atoms with Crippen LogP contribution in [0.3, 0.4) is 0 Å². The lowest BCUT2D eigenvalue weighted by Crippen LogP contribution is -1.90. The molecule has 1 N–H and O–H groups in total. The first-order valence-corrected chi connectivity index (χ1v) is 6.46. The Morgan fingerprint density at radius 2 is 1.90 bits per heavy atom. The lowest BCUT2D eigenvalue weighted by atomic mass is 10.1. The molecular formula is C16H14N2O3. The van der Waals surface area contributed by atoms with Crippen molar-refractivity contribution in [3.8, 4) is 34.3 Å². The molecular weight excluding hydrogens is 268 g/mol. The number of ether oxygens (including phenoxy) is 1. The molecule has 0 aliphatic rings. The molecule has 1 aromatic heterocycles. The van der Waals surface area contributed by atoms with E-state index in [-0.39, 0.29) is 11.6 Å². The van der Waals surface area contributed by atoms with Crippen LogP contribution in [0.25, 0.3) is 22.8 Å². The fraction of sp³-hybridized carbons (Fsp3) is 0.125. The number of aromatic hydroxyl groups is 1. The molecule has 0 unspecified atom stereocenters. The predicted molar refractivity (Wildman–Crippen MR) is 78.1 cm³/mol. The maximum absolute atomic E-state index is 9.83. The molecule has 0 atom stereocenters. The van der Waals surface area contributed by atoms with E-state index in [1.165, 1.54) is 0 Å². The number of benzene rings is 2. The van der Waals surface area contributed by atoms with Crippen molar-refractivity contribution >= 4 is 0 Å². The summed E-state index contributed by atoms with van der Waals surface area (Å²) < 4.78 is 10.6. The van der Waals surface area contributed by atoms with Gasteiger partial charge in [-0.3, -0.25) is 0 Å². The van der Waals surface area contributed by atoms with E-state index in [1.54, 1.807) is 31.4 Å². The van der Waals surface area contributed by atoms with Gasteiger partial charge in [0.1, 0.15) is 11.5 Å². The summed E-state index contributed by atoms with van der Waals surface area (Å²) in [6.45, 7) is 1.98. The fourth-order valence-corrected chi connectivity index (χ4v) is 2.08. The number of rotatable bonds is 3. The van der Waals surface area contributed by atoms with Gasteiger partial charge in [0.15, 0.2) is 0 Å². The number of phenolic OH excluding ortho intramolecular Hbond substituents is 1. The Morgan fingerprint density at radius 3 is 2.67 bits per heavy atom. The molecule has 0 aliphatic carbocycles. The third kappa shape index (κ3) is 2.45. The van der Waals surface area contributed by atoms with Gasteiger partial charge in [0.2, 0.25) is 5.82 Å². The predicted octanol–water partition coefficient (Wildman–Crippen LogP) is 3.43. The second-order valence-corrected chi connectivity index (χ2v) is 4.64. The first-order valence-electron chi connectivity index (χ1n) is 6.46. The van der Waals surface area contributed by atoms with Gasteiger partial charge in [0.05, 0.1) is 18.2 Å². The standard InChI is InChI=1S/C16H14N2O3/c1-10-7-8-12(14(9-10)20-2)15-17-16(21-18-15)11-5-3-4-6-13(11)19/h3-9,19H,1-2H3. The van der Waals surface area contributed by atoms with Crippen LogP contribution >= 0.6 is 0 Å². The van der Waals surface area contributed by atoms with E-state index in [9.17, 15) is 5.11 Å². The second kappa shape index (κ2) is 5.28. The zero-order valence-corrected chi connectivity index (χ0v) is 11.7. The summed E-state index contributed by atoms with van der Waals surface area (Å²) in [6.07, 6.45) is 0. The number of aromatic nitrogens is 2. The Bertz CT molecular complexity index is 781. The summed E-state index contributed by atoms with van der Waals surface area (Å²) >= 11 is 0. The SMILES string of the molecule is COc1cc(C)ccc1-c1noc(-c2ccccc2O)n1. The summed E-state index contributed by atoms with van der Waals surface area (Å²) in [6, 6.07) is 12.6. The quantitative estimate of drug-likeness (QED) is 0.797. The van der Waals surface area contributed by atoms with Crippen molar-refractivity contribution in [3.05, 3.63) is 48.0 Å². The van der Waals surface area contributed by atoms with E-state index in [0.717, 1.165) is 11.1 Å². The van der Waals surface area contributed by atoms with Crippen molar-refractivity contribution in [3.63, 3.8) is 0 Å². The smallest absolute Gasteiger partial charge is 0.262 e. The number of para-hydroxylation sites is 1. The highest BCUT2D eigenvalue weighted by atomic mass is 16.5. The van der Waals surface area contributed by atoms with E-state index in [4.69, 9.17) is 9.26 Å². The van der Waals surface area contributed by atoms with Crippen LogP contribution in [0, 0.1) is 6.92 Å². The van der Waals surface area contributed by atoms with Gasteiger partial charge in [-0.15, -0.1) is 0 Å². The molecule has 5 nitrogen and oxygen atoms in total. The van der Waals surface area contributed by atoms with E-state index in [0.29, 0.717) is 17.1 Å². The van der Waals surface area contributed by atoms with Gasteiger partial charge in [-0.05, 0) is 36.8 Å². The Hall–Kier alpha value is -2.82. The molecule has 0 saturated carbocycles. The molecule has 0 amide bonds. The Balaban J connectivity index is 2.05. The van der Waals surface area contributed by atoms with Crippen molar-refractivity contribution in [1.82, 2.24) is 10.1 Å². The minimum Gasteiger partial charge on any atom is -0.507 e. The van der Waals surface area contributed by atoms with Gasteiger partial charge in [-0.2, -0.15) is 4.98 Å². The molecule has 3 aromatic rings. The number of hydrogen-bond donors (Lipinski definition) is 1. The molecule has 0 bridgehead atoms. The number of phenols is 1. The molecule has 106 valence electrons. The van der Waals surface area contributed by atoms with Crippen LogP contribution < -0.4 is 4.74 Å². The summed E-state index contributed by atoms with van der Waals surface area (Å²) in [5.41, 5.74) is 2.33. The Labute approximate surface area is 121 Å². The third-order valence-electron chi connectivity index (χ3n) is 3.16. The van der Waals surface area contributed by atoms with Crippen molar-refractivity contribution in [2.75, 3.05) is 7.11 Å². The number of methoxy groups -OCH3 is 1. The lowest BCUT2D eigenvalue weighted by molar-refractivity contribution is 0.412. The van der Waals surface area contributed by atoms with Crippen LogP contribution in [0.15, 0.2) is 47.0 Å². The molecule has 3 rings (SSSR count). The van der Waals surface area contributed by atoms with Crippen LogP contribution in [-0.2, 0) is 0 Å². The molecule has 21 heavy (non-hydrogen) atoms. The maximum Gasteiger partial charge on any atom is 0.262 e. The van der Waals surface area contributed by atoms with Crippen molar-refractivity contribution in [2.45, 2.75) is 6.92 Å². The number of nitrogens with zero attached hydrogens (tertiary/aromatic N) is 2. The van der Waals surface area contributed by atoms with Crippen LogP contribution in [-0.4, -0.2) is 22.4 Å². The molecule has 0 fully saturated rings. The van der Waals surface area contributed by atoms with Crippen LogP contribution in [0.2, 0.25) is 0 Å². The average Bonchev–Trinajstić information content (AvgIpc) is 2.97. The first kappa shape index (κ1) is 13.2. The van der Waals surface area contributed by atoms with Crippen LogP contribution in [0.5, 0.6) is 11.5 Å². The van der Waals surface area contributed by atoms with E-state index >= 15 is 0 Å². The summed E-state index contributed by atoms with van der Waals surface area (Å²) in [4.78, 5) is 4.33. The zero-order valence-electron chi connectivity index (χ0n) is 11.7. The summed E-state index contributed by atoms with van der Waals surface area (Å²) in [5, 5.41) is 13.8. The largest absolute Gasteiger partial charge is 0.507 e. The average molecular weight is 282 g/mol. The van der Waals surface area contributed by atoms with Gasteiger partial charge in [0.25, 0.3) is 5.89 Å². The number of hydrogen-bond acceptors (Lipinski definition) is 5. The second-order valence-electron chi connectivity index (χ2n) is 4.64. The molecule has 0 radical (unpaired) electrons. The van der Waals surface area contributed by atoms with Crippen molar-refractivity contribution in [1.29, 1.82) is 0 Å². The molecule has 5 heteroatoms.